The first-order valence-corrected chi connectivity index (χ1v) is 7.35. The Morgan fingerprint density at radius 1 is 1.45 bits per heavy atom. The number of allylic oxidation sites excluding steroid dienone is 3. The molecule has 0 heterocycles. The fraction of sp³-hybridized carbons (Fsp3) is 0.647. The molecule has 3 nitrogen and oxygen atoms in total. The highest BCUT2D eigenvalue weighted by molar-refractivity contribution is 5.73. The number of rotatable bonds is 2. The van der Waals surface area contributed by atoms with Crippen molar-refractivity contribution < 1.29 is 14.3 Å². The Morgan fingerprint density at radius 3 is 2.75 bits per heavy atom. The van der Waals surface area contributed by atoms with Crippen LogP contribution in [-0.2, 0) is 14.3 Å². The van der Waals surface area contributed by atoms with Crippen LogP contribution < -0.4 is 0 Å². The van der Waals surface area contributed by atoms with Crippen molar-refractivity contribution in [3.63, 3.8) is 0 Å². The van der Waals surface area contributed by atoms with Crippen LogP contribution in [0.4, 0.5) is 0 Å². The average molecular weight is 276 g/mol. The first-order chi connectivity index (χ1) is 9.36. The Bertz CT molecular complexity index is 471. The zero-order valence-electron chi connectivity index (χ0n) is 12.8. The molecule has 0 radical (unpaired) electrons. The van der Waals surface area contributed by atoms with E-state index in [0.29, 0.717) is 11.8 Å². The summed E-state index contributed by atoms with van der Waals surface area (Å²) in [6.07, 6.45) is 7.63. The number of fused-ring (bicyclic) bond motifs is 1. The van der Waals surface area contributed by atoms with Crippen molar-refractivity contribution in [2.75, 3.05) is 0 Å². The third kappa shape index (κ3) is 3.02. The first kappa shape index (κ1) is 15.0. The third-order valence-corrected chi connectivity index (χ3v) is 4.71. The second-order valence-electron chi connectivity index (χ2n) is 6.67. The molecule has 2 aliphatic carbocycles. The van der Waals surface area contributed by atoms with Crippen LogP contribution in [-0.4, -0.2) is 18.4 Å². The van der Waals surface area contributed by atoms with Crippen LogP contribution in [0, 0.1) is 17.3 Å². The zero-order valence-corrected chi connectivity index (χ0v) is 12.8. The summed E-state index contributed by atoms with van der Waals surface area (Å²) in [5.41, 5.74) is 2.21. The van der Waals surface area contributed by atoms with Gasteiger partial charge in [-0.15, -0.1) is 0 Å². The van der Waals surface area contributed by atoms with E-state index in [-0.39, 0.29) is 17.5 Å². The maximum atomic E-state index is 11.4. The molecule has 2 rings (SSSR count). The highest BCUT2D eigenvalue weighted by atomic mass is 16.5. The molecule has 0 unspecified atom stereocenters. The minimum Gasteiger partial charge on any atom is -0.462 e. The van der Waals surface area contributed by atoms with E-state index in [1.807, 2.05) is 0 Å². The first-order valence-electron chi connectivity index (χ1n) is 7.35. The lowest BCUT2D eigenvalue weighted by molar-refractivity contribution is -0.147. The summed E-state index contributed by atoms with van der Waals surface area (Å²) >= 11 is 0. The number of esters is 1. The molecule has 0 aromatic carbocycles. The third-order valence-electron chi connectivity index (χ3n) is 4.71. The molecule has 0 amide bonds. The zero-order chi connectivity index (χ0) is 14.9. The van der Waals surface area contributed by atoms with Gasteiger partial charge in [-0.3, -0.25) is 9.59 Å². The average Bonchev–Trinajstić information content (AvgIpc) is 2.88. The number of aldehydes is 1. The number of hydrogen-bond donors (Lipinski definition) is 0. The lowest BCUT2D eigenvalue weighted by Gasteiger charge is -2.19. The van der Waals surface area contributed by atoms with Crippen molar-refractivity contribution in [2.45, 2.75) is 53.1 Å². The molecule has 0 aromatic rings. The van der Waals surface area contributed by atoms with E-state index in [1.54, 1.807) is 0 Å². The van der Waals surface area contributed by atoms with Crippen LogP contribution in [0.25, 0.3) is 0 Å². The molecule has 3 atom stereocenters. The van der Waals surface area contributed by atoms with Crippen molar-refractivity contribution in [3.05, 3.63) is 23.3 Å². The van der Waals surface area contributed by atoms with Gasteiger partial charge in [-0.1, -0.05) is 31.6 Å². The summed E-state index contributed by atoms with van der Waals surface area (Å²) in [4.78, 5) is 22.5. The Morgan fingerprint density at radius 2 is 2.15 bits per heavy atom. The van der Waals surface area contributed by atoms with Crippen LogP contribution in [0.2, 0.25) is 0 Å². The van der Waals surface area contributed by atoms with E-state index in [4.69, 9.17) is 4.74 Å². The molecular formula is C17H24O3. The molecular weight excluding hydrogens is 252 g/mol. The van der Waals surface area contributed by atoms with Crippen LogP contribution in [0.5, 0.6) is 0 Å². The van der Waals surface area contributed by atoms with E-state index >= 15 is 0 Å². The van der Waals surface area contributed by atoms with E-state index in [1.165, 1.54) is 12.5 Å². The molecule has 0 spiro atoms. The summed E-state index contributed by atoms with van der Waals surface area (Å²) in [5, 5.41) is 0. The summed E-state index contributed by atoms with van der Waals surface area (Å²) in [6, 6.07) is 0. The lowest BCUT2D eigenvalue weighted by Crippen LogP contribution is -2.22. The molecule has 1 saturated carbocycles. The summed E-state index contributed by atoms with van der Waals surface area (Å²) in [5.74, 6) is 0.418. The van der Waals surface area contributed by atoms with Gasteiger partial charge in [-0.05, 0) is 36.7 Å². The number of hydrogen-bond acceptors (Lipinski definition) is 3. The van der Waals surface area contributed by atoms with E-state index in [0.717, 1.165) is 31.1 Å². The highest BCUT2D eigenvalue weighted by Gasteiger charge is 2.60. The van der Waals surface area contributed by atoms with E-state index in [2.05, 4.69) is 32.9 Å². The molecule has 0 aliphatic heterocycles. The van der Waals surface area contributed by atoms with Crippen LogP contribution in [0.3, 0.4) is 0 Å². The molecule has 110 valence electrons. The minimum absolute atomic E-state index is 0.0778. The predicted molar refractivity (Wildman–Crippen MR) is 78.1 cm³/mol. The van der Waals surface area contributed by atoms with Gasteiger partial charge < -0.3 is 4.74 Å². The maximum absolute atomic E-state index is 11.4. The Balaban J connectivity index is 2.30. The number of carbonyl (C=O) groups excluding carboxylic acids is 2. The van der Waals surface area contributed by atoms with Gasteiger partial charge in [0.15, 0.2) is 0 Å². The smallest absolute Gasteiger partial charge is 0.302 e. The quantitative estimate of drug-likeness (QED) is 0.441. The minimum atomic E-state index is -0.221. The fourth-order valence-corrected chi connectivity index (χ4v) is 3.50. The summed E-state index contributed by atoms with van der Waals surface area (Å²) < 4.78 is 5.55. The van der Waals surface area contributed by atoms with Gasteiger partial charge in [-0.25, -0.2) is 0 Å². The highest BCUT2D eigenvalue weighted by Crippen LogP contribution is 2.62. The molecule has 0 bridgehead atoms. The Labute approximate surface area is 121 Å². The number of ether oxygens (including phenoxy) is 1. The van der Waals surface area contributed by atoms with Crippen LogP contribution in [0.1, 0.15) is 47.0 Å². The standard InChI is InChI=1S/C17H24O3/c1-11-6-5-7-13(10-18)9-14-16(17(14,3)4)15(8-11)20-12(2)19/h6,9-10,14-16H,5,7-8H2,1-4H3/b11-6-,13-9+/t14-,15-,16-/m1/s1. The topological polar surface area (TPSA) is 43.4 Å². The van der Waals surface area contributed by atoms with Gasteiger partial charge in [0.25, 0.3) is 0 Å². The van der Waals surface area contributed by atoms with Crippen molar-refractivity contribution >= 4 is 12.3 Å². The van der Waals surface area contributed by atoms with Gasteiger partial charge in [-0.2, -0.15) is 0 Å². The predicted octanol–water partition coefficient (Wildman–Crippen LogP) is 3.45. The molecule has 0 N–H and O–H groups in total. The largest absolute Gasteiger partial charge is 0.462 e. The Hall–Kier alpha value is -1.38. The van der Waals surface area contributed by atoms with Crippen molar-refractivity contribution in [3.8, 4) is 0 Å². The normalized spacial score (nSPS) is 37.5. The maximum Gasteiger partial charge on any atom is 0.302 e. The molecule has 20 heavy (non-hydrogen) atoms. The van der Waals surface area contributed by atoms with Gasteiger partial charge >= 0.3 is 5.97 Å². The van der Waals surface area contributed by atoms with Crippen molar-refractivity contribution in [2.24, 2.45) is 17.3 Å². The van der Waals surface area contributed by atoms with Gasteiger partial charge in [0.1, 0.15) is 12.4 Å². The molecule has 3 heteroatoms. The van der Waals surface area contributed by atoms with Gasteiger partial charge in [0, 0.05) is 19.3 Å². The number of carbonyl (C=O) groups is 2. The SMILES string of the molecule is CC(=O)O[C@@H]1C/C(C)=C\CC/C(C=O)=C\[C@@H]2[C@H]1C2(C)C. The van der Waals surface area contributed by atoms with Gasteiger partial charge in [0.2, 0.25) is 0 Å². The molecule has 0 aromatic heterocycles. The van der Waals surface area contributed by atoms with Crippen LogP contribution in [0.15, 0.2) is 23.3 Å². The summed E-state index contributed by atoms with van der Waals surface area (Å²) in [7, 11) is 0. The van der Waals surface area contributed by atoms with Gasteiger partial charge in [0.05, 0.1) is 0 Å². The monoisotopic (exact) mass is 276 g/mol. The van der Waals surface area contributed by atoms with E-state index in [9.17, 15) is 9.59 Å². The fourth-order valence-electron chi connectivity index (χ4n) is 3.50. The molecule has 0 saturated heterocycles. The molecule has 1 fully saturated rings. The van der Waals surface area contributed by atoms with Crippen molar-refractivity contribution in [1.29, 1.82) is 0 Å². The Kier molecular flexibility index (Phi) is 4.17. The molecule has 2 aliphatic rings. The second kappa shape index (κ2) is 5.55. The van der Waals surface area contributed by atoms with E-state index < -0.39 is 0 Å². The lowest BCUT2D eigenvalue weighted by atomic mass is 9.98. The summed E-state index contributed by atoms with van der Waals surface area (Å²) in [6.45, 7) is 7.92. The van der Waals surface area contributed by atoms with Crippen molar-refractivity contribution in [1.82, 2.24) is 0 Å². The second-order valence-corrected chi connectivity index (χ2v) is 6.67. The van der Waals surface area contributed by atoms with Crippen LogP contribution >= 0.6 is 0 Å².